The third-order valence-electron chi connectivity index (χ3n) is 2.20. The molecule has 0 radical (unpaired) electrons. The summed E-state index contributed by atoms with van der Waals surface area (Å²) in [5.41, 5.74) is 6.65. The van der Waals surface area contributed by atoms with Crippen LogP contribution in [0.25, 0.3) is 0 Å². The van der Waals surface area contributed by atoms with Gasteiger partial charge in [0.05, 0.1) is 5.69 Å². The molecule has 0 atom stereocenters. The normalized spacial score (nSPS) is 11.5. The highest BCUT2D eigenvalue weighted by molar-refractivity contribution is 5.52. The Morgan fingerprint density at radius 1 is 1.33 bits per heavy atom. The topological polar surface area (TPSA) is 38.0 Å². The van der Waals surface area contributed by atoms with Crippen LogP contribution in [-0.4, -0.2) is 6.54 Å². The molecule has 3 N–H and O–H groups in total. The molecule has 0 fully saturated rings. The molecule has 0 heterocycles. The van der Waals surface area contributed by atoms with Crippen LogP contribution < -0.4 is 11.1 Å². The first-order chi connectivity index (χ1) is 6.88. The van der Waals surface area contributed by atoms with Gasteiger partial charge >= 0.3 is 0 Å². The monoisotopic (exact) mass is 210 g/mol. The van der Waals surface area contributed by atoms with E-state index in [9.17, 15) is 4.39 Å². The molecule has 84 valence electrons. The highest BCUT2D eigenvalue weighted by Crippen LogP contribution is 2.20. The van der Waals surface area contributed by atoms with Gasteiger partial charge in [0.15, 0.2) is 0 Å². The molecule has 0 unspecified atom stereocenters. The smallest absolute Gasteiger partial charge is 0.148 e. The minimum atomic E-state index is -0.365. The molecule has 0 saturated carbocycles. The van der Waals surface area contributed by atoms with Crippen molar-refractivity contribution in [2.45, 2.75) is 27.2 Å². The van der Waals surface area contributed by atoms with Crippen molar-refractivity contribution in [3.8, 4) is 0 Å². The average Bonchev–Trinajstić information content (AvgIpc) is 2.09. The fourth-order valence-electron chi connectivity index (χ4n) is 1.22. The first kappa shape index (κ1) is 11.8. The molecule has 1 aromatic rings. The van der Waals surface area contributed by atoms with E-state index in [0.717, 1.165) is 18.7 Å². The highest BCUT2D eigenvalue weighted by Gasteiger charge is 2.09. The molecule has 0 aliphatic rings. The summed E-state index contributed by atoms with van der Waals surface area (Å²) in [4.78, 5) is 0. The summed E-state index contributed by atoms with van der Waals surface area (Å²) in [5.74, 6) is -0.365. The maximum absolute atomic E-state index is 13.1. The van der Waals surface area contributed by atoms with Crippen molar-refractivity contribution in [2.24, 2.45) is 5.41 Å². The minimum Gasteiger partial charge on any atom is -0.396 e. The van der Waals surface area contributed by atoms with Crippen molar-refractivity contribution < 1.29 is 4.39 Å². The van der Waals surface area contributed by atoms with E-state index in [1.165, 1.54) is 6.07 Å². The number of nitrogens with one attached hydrogen (secondary N) is 1. The Morgan fingerprint density at radius 2 is 2.00 bits per heavy atom. The van der Waals surface area contributed by atoms with Gasteiger partial charge in [-0.25, -0.2) is 4.39 Å². The van der Waals surface area contributed by atoms with Gasteiger partial charge in [0.2, 0.25) is 0 Å². The number of hydrogen-bond donors (Lipinski definition) is 2. The highest BCUT2D eigenvalue weighted by atomic mass is 19.1. The van der Waals surface area contributed by atoms with Crippen LogP contribution in [0.3, 0.4) is 0 Å². The summed E-state index contributed by atoms with van der Waals surface area (Å²) in [7, 11) is 0. The van der Waals surface area contributed by atoms with E-state index in [-0.39, 0.29) is 11.5 Å². The van der Waals surface area contributed by atoms with Gasteiger partial charge in [0, 0.05) is 12.2 Å². The lowest BCUT2D eigenvalue weighted by Gasteiger charge is -2.18. The van der Waals surface area contributed by atoms with Crippen LogP contribution in [0.5, 0.6) is 0 Å². The van der Waals surface area contributed by atoms with E-state index in [1.807, 2.05) is 0 Å². The van der Waals surface area contributed by atoms with Crippen molar-refractivity contribution in [3.05, 3.63) is 24.0 Å². The number of halogens is 1. The molecule has 0 aliphatic carbocycles. The van der Waals surface area contributed by atoms with Gasteiger partial charge in [-0.2, -0.15) is 0 Å². The molecular weight excluding hydrogens is 191 g/mol. The molecule has 15 heavy (non-hydrogen) atoms. The van der Waals surface area contributed by atoms with Crippen molar-refractivity contribution >= 4 is 11.4 Å². The lowest BCUT2D eigenvalue weighted by atomic mass is 9.92. The molecule has 0 amide bonds. The van der Waals surface area contributed by atoms with Crippen LogP contribution in [0, 0.1) is 11.2 Å². The number of benzene rings is 1. The second-order valence-electron chi connectivity index (χ2n) is 4.97. The number of hydrogen-bond acceptors (Lipinski definition) is 2. The Balaban J connectivity index is 2.48. The largest absolute Gasteiger partial charge is 0.396 e. The van der Waals surface area contributed by atoms with Crippen LogP contribution in [0.1, 0.15) is 27.2 Å². The second kappa shape index (κ2) is 4.51. The zero-order chi connectivity index (χ0) is 11.5. The summed E-state index contributed by atoms with van der Waals surface area (Å²) >= 11 is 0. The van der Waals surface area contributed by atoms with Crippen LogP contribution in [-0.2, 0) is 0 Å². The molecule has 1 rings (SSSR count). The van der Waals surface area contributed by atoms with Crippen molar-refractivity contribution in [3.63, 3.8) is 0 Å². The number of rotatable bonds is 3. The van der Waals surface area contributed by atoms with Crippen LogP contribution in [0.15, 0.2) is 18.2 Å². The number of anilines is 2. The van der Waals surface area contributed by atoms with Gasteiger partial charge in [0.1, 0.15) is 5.82 Å². The Labute approximate surface area is 90.7 Å². The fraction of sp³-hybridized carbons (Fsp3) is 0.500. The van der Waals surface area contributed by atoms with Crippen LogP contribution in [0.4, 0.5) is 15.8 Å². The molecule has 1 aromatic carbocycles. The minimum absolute atomic E-state index is 0.191. The summed E-state index contributed by atoms with van der Waals surface area (Å²) in [6.45, 7) is 7.38. The summed E-state index contributed by atoms with van der Waals surface area (Å²) < 4.78 is 13.1. The Morgan fingerprint density at radius 3 is 2.53 bits per heavy atom. The Hall–Kier alpha value is -1.25. The maximum Gasteiger partial charge on any atom is 0.148 e. The second-order valence-corrected chi connectivity index (χ2v) is 4.97. The lowest BCUT2D eigenvalue weighted by Crippen LogP contribution is -2.12. The zero-order valence-electron chi connectivity index (χ0n) is 9.60. The van der Waals surface area contributed by atoms with E-state index in [2.05, 4.69) is 26.1 Å². The molecule has 0 aliphatic heterocycles. The Kier molecular flexibility index (Phi) is 3.56. The maximum atomic E-state index is 13.1. The third-order valence-corrected chi connectivity index (χ3v) is 2.20. The molecule has 3 heteroatoms. The number of nitrogens with two attached hydrogens (primary N) is 1. The van der Waals surface area contributed by atoms with E-state index < -0.39 is 0 Å². The van der Waals surface area contributed by atoms with Crippen LogP contribution >= 0.6 is 0 Å². The molecule has 0 spiro atoms. The standard InChI is InChI=1S/C12H19FN2/c1-12(2,3)6-7-15-9-4-5-11(14)10(13)8-9/h4-5,8,15H,6-7,14H2,1-3H3. The quantitative estimate of drug-likeness (QED) is 0.751. The predicted octanol–water partition coefficient (Wildman–Crippen LogP) is 3.26. The van der Waals surface area contributed by atoms with Gasteiger partial charge < -0.3 is 11.1 Å². The zero-order valence-corrected chi connectivity index (χ0v) is 9.60. The van der Waals surface area contributed by atoms with Gasteiger partial charge in [-0.1, -0.05) is 20.8 Å². The SMILES string of the molecule is CC(C)(C)CCNc1ccc(N)c(F)c1. The lowest BCUT2D eigenvalue weighted by molar-refractivity contribution is 0.390. The third kappa shape index (κ3) is 4.19. The van der Waals surface area contributed by atoms with Gasteiger partial charge in [-0.05, 0) is 30.0 Å². The first-order valence-corrected chi connectivity index (χ1v) is 5.17. The molecule has 0 bridgehead atoms. The molecule has 2 nitrogen and oxygen atoms in total. The Bertz CT molecular complexity index is 329. The summed E-state index contributed by atoms with van der Waals surface area (Å²) in [5, 5.41) is 3.17. The first-order valence-electron chi connectivity index (χ1n) is 5.17. The average molecular weight is 210 g/mol. The summed E-state index contributed by atoms with van der Waals surface area (Å²) in [6.07, 6.45) is 1.04. The molecule has 0 aromatic heterocycles. The predicted molar refractivity (Wildman–Crippen MR) is 63.4 cm³/mol. The van der Waals surface area contributed by atoms with Crippen molar-refractivity contribution in [2.75, 3.05) is 17.6 Å². The van der Waals surface area contributed by atoms with E-state index in [0.29, 0.717) is 5.41 Å². The van der Waals surface area contributed by atoms with E-state index in [1.54, 1.807) is 12.1 Å². The van der Waals surface area contributed by atoms with E-state index in [4.69, 9.17) is 5.73 Å². The van der Waals surface area contributed by atoms with Gasteiger partial charge in [-0.15, -0.1) is 0 Å². The van der Waals surface area contributed by atoms with E-state index >= 15 is 0 Å². The van der Waals surface area contributed by atoms with Gasteiger partial charge in [-0.3, -0.25) is 0 Å². The molecule has 0 saturated heterocycles. The van der Waals surface area contributed by atoms with Crippen molar-refractivity contribution in [1.29, 1.82) is 0 Å². The van der Waals surface area contributed by atoms with Crippen LogP contribution in [0.2, 0.25) is 0 Å². The summed E-state index contributed by atoms with van der Waals surface area (Å²) in [6, 6.07) is 4.80. The fourth-order valence-corrected chi connectivity index (χ4v) is 1.22. The number of nitrogen functional groups attached to an aromatic ring is 1. The van der Waals surface area contributed by atoms with Crippen molar-refractivity contribution in [1.82, 2.24) is 0 Å². The van der Waals surface area contributed by atoms with Gasteiger partial charge in [0.25, 0.3) is 0 Å². The molecular formula is C12H19FN2.